The van der Waals surface area contributed by atoms with Crippen molar-refractivity contribution in [3.63, 3.8) is 0 Å². The number of carbonyl (C=O) groups excluding carboxylic acids is 1. The van der Waals surface area contributed by atoms with Crippen molar-refractivity contribution in [2.45, 2.75) is 20.0 Å². The molecule has 0 N–H and O–H groups in total. The predicted octanol–water partition coefficient (Wildman–Crippen LogP) is 1.14. The molecule has 0 unspecified atom stereocenters. The lowest BCUT2D eigenvalue weighted by Crippen LogP contribution is -2.31. The molecule has 12 heavy (non-hydrogen) atoms. The molecule has 1 aliphatic rings. The molecule has 0 aromatic rings. The van der Waals surface area contributed by atoms with Crippen LogP contribution in [0.2, 0.25) is 0 Å². The van der Waals surface area contributed by atoms with Crippen LogP contribution in [0, 0.1) is 5.92 Å². The minimum atomic E-state index is -0.126. The van der Waals surface area contributed by atoms with Gasteiger partial charge in [0.1, 0.15) is 6.61 Å². The van der Waals surface area contributed by atoms with Gasteiger partial charge in [-0.15, -0.1) is 0 Å². The Balaban J connectivity index is 2.53. The summed E-state index contributed by atoms with van der Waals surface area (Å²) >= 11 is 0. The number of hydrogen-bond donors (Lipinski definition) is 0. The van der Waals surface area contributed by atoms with Crippen LogP contribution in [0.25, 0.3) is 0 Å². The van der Waals surface area contributed by atoms with Gasteiger partial charge >= 0.3 is 0 Å². The van der Waals surface area contributed by atoms with E-state index in [1.54, 1.807) is 12.3 Å². The monoisotopic (exact) mass is 170 g/mol. The third-order valence-corrected chi connectivity index (χ3v) is 1.91. The largest absolute Gasteiger partial charge is 0.494 e. The molecule has 0 aromatic carbocycles. The molecule has 0 aliphatic carbocycles. The predicted molar refractivity (Wildman–Crippen MR) is 44.7 cm³/mol. The maximum atomic E-state index is 11.3. The molecule has 0 fully saturated rings. The van der Waals surface area contributed by atoms with E-state index in [2.05, 4.69) is 0 Å². The molecule has 2 atom stereocenters. The second-order valence-electron chi connectivity index (χ2n) is 2.79. The average Bonchev–Trinajstić information content (AvgIpc) is 2.05. The van der Waals surface area contributed by atoms with Crippen LogP contribution >= 0.6 is 0 Å². The minimum Gasteiger partial charge on any atom is -0.494 e. The molecule has 0 radical (unpaired) electrons. The maximum absolute atomic E-state index is 11.3. The van der Waals surface area contributed by atoms with E-state index in [1.165, 1.54) is 0 Å². The molecule has 3 heteroatoms. The SMILES string of the molecule is CCO[C@@H](C)[C@@H]1C=COCC1=O. The van der Waals surface area contributed by atoms with Crippen molar-refractivity contribution in [3.8, 4) is 0 Å². The normalized spacial score (nSPS) is 25.2. The zero-order valence-corrected chi connectivity index (χ0v) is 7.45. The lowest BCUT2D eigenvalue weighted by molar-refractivity contribution is -0.129. The van der Waals surface area contributed by atoms with E-state index in [0.29, 0.717) is 6.61 Å². The van der Waals surface area contributed by atoms with Crippen LogP contribution in [0.15, 0.2) is 12.3 Å². The van der Waals surface area contributed by atoms with Crippen molar-refractivity contribution in [1.29, 1.82) is 0 Å². The third-order valence-electron chi connectivity index (χ3n) is 1.91. The number of hydrogen-bond acceptors (Lipinski definition) is 3. The maximum Gasteiger partial charge on any atom is 0.179 e. The molecule has 68 valence electrons. The zero-order chi connectivity index (χ0) is 8.97. The fraction of sp³-hybridized carbons (Fsp3) is 0.667. The highest BCUT2D eigenvalue weighted by molar-refractivity contribution is 5.85. The number of ketones is 1. The lowest BCUT2D eigenvalue weighted by Gasteiger charge is -2.21. The number of carbonyl (C=O) groups is 1. The quantitative estimate of drug-likeness (QED) is 0.637. The van der Waals surface area contributed by atoms with Crippen LogP contribution < -0.4 is 0 Å². The Hall–Kier alpha value is -0.830. The first-order chi connectivity index (χ1) is 5.75. The molecule has 0 aromatic heterocycles. The van der Waals surface area contributed by atoms with Crippen molar-refractivity contribution >= 4 is 5.78 Å². The van der Waals surface area contributed by atoms with Gasteiger partial charge in [-0.3, -0.25) is 4.79 Å². The summed E-state index contributed by atoms with van der Waals surface area (Å²) in [7, 11) is 0. The molecule has 3 nitrogen and oxygen atoms in total. The minimum absolute atomic E-state index is 0.0392. The van der Waals surface area contributed by atoms with Gasteiger partial charge in [-0.2, -0.15) is 0 Å². The highest BCUT2D eigenvalue weighted by Crippen LogP contribution is 2.14. The van der Waals surface area contributed by atoms with E-state index < -0.39 is 0 Å². The van der Waals surface area contributed by atoms with Gasteiger partial charge in [-0.05, 0) is 19.9 Å². The van der Waals surface area contributed by atoms with E-state index in [4.69, 9.17) is 9.47 Å². The zero-order valence-electron chi connectivity index (χ0n) is 7.45. The third kappa shape index (κ3) is 2.08. The lowest BCUT2D eigenvalue weighted by atomic mass is 9.98. The van der Waals surface area contributed by atoms with Gasteiger partial charge in [0.2, 0.25) is 0 Å². The fourth-order valence-electron chi connectivity index (χ4n) is 1.26. The van der Waals surface area contributed by atoms with Crippen molar-refractivity contribution in [3.05, 3.63) is 12.3 Å². The molecule has 0 bridgehead atoms. The number of Topliss-reactive ketones (excluding diaryl/α,β-unsaturated/α-hetero) is 1. The highest BCUT2D eigenvalue weighted by Gasteiger charge is 2.25. The number of rotatable bonds is 3. The van der Waals surface area contributed by atoms with Crippen LogP contribution in [0.5, 0.6) is 0 Å². The molecule has 0 amide bonds. The molecule has 0 spiro atoms. The van der Waals surface area contributed by atoms with Crippen LogP contribution in [0.3, 0.4) is 0 Å². The van der Waals surface area contributed by atoms with Crippen LogP contribution in [0.1, 0.15) is 13.8 Å². The van der Waals surface area contributed by atoms with Gasteiger partial charge in [0.05, 0.1) is 18.3 Å². The van der Waals surface area contributed by atoms with E-state index in [9.17, 15) is 4.79 Å². The summed E-state index contributed by atoms with van der Waals surface area (Å²) < 4.78 is 10.2. The van der Waals surface area contributed by atoms with Crippen molar-refractivity contribution in [2.24, 2.45) is 5.92 Å². The Kier molecular flexibility index (Phi) is 3.29. The van der Waals surface area contributed by atoms with E-state index in [1.807, 2.05) is 13.8 Å². The van der Waals surface area contributed by atoms with Gasteiger partial charge in [0.15, 0.2) is 5.78 Å². The smallest absolute Gasteiger partial charge is 0.179 e. The van der Waals surface area contributed by atoms with E-state index >= 15 is 0 Å². The summed E-state index contributed by atoms with van der Waals surface area (Å²) in [4.78, 5) is 11.3. The summed E-state index contributed by atoms with van der Waals surface area (Å²) in [6.45, 7) is 4.64. The topological polar surface area (TPSA) is 35.5 Å². The Morgan fingerprint density at radius 1 is 1.83 bits per heavy atom. The Morgan fingerprint density at radius 2 is 2.58 bits per heavy atom. The summed E-state index contributed by atoms with van der Waals surface area (Å²) in [5.41, 5.74) is 0. The second kappa shape index (κ2) is 4.26. The van der Waals surface area contributed by atoms with Crippen molar-refractivity contribution < 1.29 is 14.3 Å². The Morgan fingerprint density at radius 3 is 3.17 bits per heavy atom. The summed E-state index contributed by atoms with van der Waals surface area (Å²) in [6, 6.07) is 0. The molecule has 1 rings (SSSR count). The molecule has 1 aliphatic heterocycles. The van der Waals surface area contributed by atoms with E-state index in [0.717, 1.165) is 0 Å². The number of ether oxygens (including phenoxy) is 2. The van der Waals surface area contributed by atoms with Crippen LogP contribution in [-0.4, -0.2) is 25.1 Å². The van der Waals surface area contributed by atoms with Gasteiger partial charge in [-0.25, -0.2) is 0 Å². The van der Waals surface area contributed by atoms with Gasteiger partial charge in [-0.1, -0.05) is 0 Å². The fourth-order valence-corrected chi connectivity index (χ4v) is 1.26. The molecule has 0 saturated carbocycles. The summed E-state index contributed by atoms with van der Waals surface area (Å²) in [5, 5.41) is 0. The van der Waals surface area contributed by atoms with Crippen molar-refractivity contribution in [1.82, 2.24) is 0 Å². The standard InChI is InChI=1S/C9H14O3/c1-3-12-7(2)8-4-5-11-6-9(8)10/h4-5,7-8H,3,6H2,1-2H3/t7-,8-/m0/s1. The highest BCUT2D eigenvalue weighted by atomic mass is 16.5. The van der Waals surface area contributed by atoms with Crippen molar-refractivity contribution in [2.75, 3.05) is 13.2 Å². The Bertz CT molecular complexity index is 186. The summed E-state index contributed by atoms with van der Waals surface area (Å²) in [5.74, 6) is -0.0304. The summed E-state index contributed by atoms with van der Waals surface area (Å²) in [6.07, 6.45) is 3.29. The first-order valence-electron chi connectivity index (χ1n) is 4.18. The van der Waals surface area contributed by atoms with Crippen LogP contribution in [0.4, 0.5) is 0 Å². The molecular formula is C9H14O3. The second-order valence-corrected chi connectivity index (χ2v) is 2.79. The van der Waals surface area contributed by atoms with Gasteiger partial charge in [0.25, 0.3) is 0 Å². The Labute approximate surface area is 72.4 Å². The molecular weight excluding hydrogens is 156 g/mol. The van der Waals surface area contributed by atoms with E-state index in [-0.39, 0.29) is 24.4 Å². The molecule has 0 saturated heterocycles. The molecule has 1 heterocycles. The van der Waals surface area contributed by atoms with Gasteiger partial charge < -0.3 is 9.47 Å². The van der Waals surface area contributed by atoms with Gasteiger partial charge in [0, 0.05) is 6.61 Å². The average molecular weight is 170 g/mol. The first-order valence-corrected chi connectivity index (χ1v) is 4.18. The first kappa shape index (κ1) is 9.26. The van der Waals surface area contributed by atoms with Crippen LogP contribution in [-0.2, 0) is 14.3 Å².